The molecule has 0 saturated carbocycles. The van der Waals surface area contributed by atoms with Gasteiger partial charge in [0.05, 0.1) is 11.9 Å². The molecule has 0 bridgehead atoms. The molecule has 0 unspecified atom stereocenters. The van der Waals surface area contributed by atoms with Crippen LogP contribution in [-0.2, 0) is 0 Å². The summed E-state index contributed by atoms with van der Waals surface area (Å²) in [7, 11) is 0. The Balaban J connectivity index is 1.68. The number of nitrogens with zero attached hydrogens (tertiary/aromatic N) is 6. The second-order valence-corrected chi connectivity index (χ2v) is 3.87. The molecule has 3 aromatic heterocycles. The van der Waals surface area contributed by atoms with E-state index in [0.717, 1.165) is 11.3 Å². The first-order chi connectivity index (χ1) is 9.92. The second kappa shape index (κ2) is 5.70. The first kappa shape index (κ1) is 12.0. The van der Waals surface area contributed by atoms with Crippen molar-refractivity contribution in [2.24, 2.45) is 5.10 Å². The molecule has 98 valence electrons. The molecule has 7 nitrogen and oxygen atoms in total. The van der Waals surface area contributed by atoms with Crippen molar-refractivity contribution >= 4 is 12.2 Å². The highest BCUT2D eigenvalue weighted by Crippen LogP contribution is 2.05. The van der Waals surface area contributed by atoms with Crippen LogP contribution in [0, 0.1) is 0 Å². The maximum absolute atomic E-state index is 4.25. The molecule has 0 aromatic carbocycles. The molecule has 1 N–H and O–H groups in total. The summed E-state index contributed by atoms with van der Waals surface area (Å²) in [6, 6.07) is 7.44. The zero-order valence-electron chi connectivity index (χ0n) is 10.5. The van der Waals surface area contributed by atoms with Gasteiger partial charge in [0.25, 0.3) is 5.95 Å². The maximum atomic E-state index is 4.25. The molecular weight excluding hydrogens is 254 g/mol. The summed E-state index contributed by atoms with van der Waals surface area (Å²) in [5, 5.41) is 8.30. The van der Waals surface area contributed by atoms with Gasteiger partial charge >= 0.3 is 0 Å². The van der Waals surface area contributed by atoms with Crippen LogP contribution in [0.15, 0.2) is 60.5 Å². The molecule has 0 aliphatic heterocycles. The molecule has 0 atom stereocenters. The first-order valence-corrected chi connectivity index (χ1v) is 5.93. The van der Waals surface area contributed by atoms with Crippen LogP contribution in [0.25, 0.3) is 5.69 Å². The number of rotatable bonds is 4. The standard InChI is InChI=1S/C13H11N7/c1-2-11(8-15-5-1)9-17-18-13-16-10-20(19-13)12-3-6-14-7-4-12/h1-10H,(H,18,19). The topological polar surface area (TPSA) is 80.9 Å². The van der Waals surface area contributed by atoms with E-state index in [0.29, 0.717) is 5.95 Å². The van der Waals surface area contributed by atoms with Crippen molar-refractivity contribution in [2.45, 2.75) is 0 Å². The van der Waals surface area contributed by atoms with Gasteiger partial charge < -0.3 is 0 Å². The summed E-state index contributed by atoms with van der Waals surface area (Å²) in [5.74, 6) is 0.418. The number of nitrogens with one attached hydrogen (secondary N) is 1. The van der Waals surface area contributed by atoms with Crippen molar-refractivity contribution < 1.29 is 0 Å². The van der Waals surface area contributed by atoms with Gasteiger partial charge in [-0.2, -0.15) is 10.1 Å². The Labute approximate surface area is 115 Å². The number of anilines is 1. The van der Waals surface area contributed by atoms with Gasteiger partial charge in [-0.1, -0.05) is 6.07 Å². The summed E-state index contributed by atoms with van der Waals surface area (Å²) in [4.78, 5) is 12.1. The molecule has 20 heavy (non-hydrogen) atoms. The van der Waals surface area contributed by atoms with E-state index in [1.165, 1.54) is 0 Å². The molecule has 0 aliphatic rings. The van der Waals surface area contributed by atoms with Gasteiger partial charge in [-0.05, 0) is 18.2 Å². The van der Waals surface area contributed by atoms with Gasteiger partial charge in [0.15, 0.2) is 0 Å². The lowest BCUT2D eigenvalue weighted by molar-refractivity contribution is 0.876. The van der Waals surface area contributed by atoms with Gasteiger partial charge in [0.2, 0.25) is 0 Å². The minimum absolute atomic E-state index is 0.418. The molecule has 0 amide bonds. The second-order valence-electron chi connectivity index (χ2n) is 3.87. The maximum Gasteiger partial charge on any atom is 0.262 e. The molecule has 0 spiro atoms. The predicted molar refractivity (Wildman–Crippen MR) is 74.6 cm³/mol. The third-order valence-corrected chi connectivity index (χ3v) is 2.48. The van der Waals surface area contributed by atoms with Crippen LogP contribution in [0.2, 0.25) is 0 Å². The zero-order valence-corrected chi connectivity index (χ0v) is 10.5. The average Bonchev–Trinajstić information content (AvgIpc) is 2.98. The van der Waals surface area contributed by atoms with Crippen LogP contribution >= 0.6 is 0 Å². The van der Waals surface area contributed by atoms with Crippen LogP contribution in [0.3, 0.4) is 0 Å². The van der Waals surface area contributed by atoms with E-state index < -0.39 is 0 Å². The Morgan fingerprint density at radius 1 is 1.10 bits per heavy atom. The van der Waals surface area contributed by atoms with E-state index in [1.807, 2.05) is 24.3 Å². The summed E-state index contributed by atoms with van der Waals surface area (Å²) < 4.78 is 1.64. The van der Waals surface area contributed by atoms with E-state index in [1.54, 1.807) is 42.0 Å². The zero-order chi connectivity index (χ0) is 13.6. The molecule has 7 heteroatoms. The number of hydrazone groups is 1. The molecule has 3 heterocycles. The molecular formula is C13H11N7. The third kappa shape index (κ3) is 2.83. The lowest BCUT2D eigenvalue weighted by Crippen LogP contribution is -1.97. The van der Waals surface area contributed by atoms with Gasteiger partial charge in [0.1, 0.15) is 6.33 Å². The lowest BCUT2D eigenvalue weighted by atomic mass is 10.3. The fourth-order valence-electron chi connectivity index (χ4n) is 1.55. The number of pyridine rings is 2. The van der Waals surface area contributed by atoms with E-state index in [2.05, 4.69) is 30.6 Å². The van der Waals surface area contributed by atoms with Crippen molar-refractivity contribution in [3.05, 3.63) is 60.9 Å². The first-order valence-electron chi connectivity index (χ1n) is 5.93. The minimum Gasteiger partial charge on any atom is -0.265 e. The quantitative estimate of drug-likeness (QED) is 0.571. The fourth-order valence-corrected chi connectivity index (χ4v) is 1.55. The van der Waals surface area contributed by atoms with Crippen LogP contribution in [-0.4, -0.2) is 30.9 Å². The summed E-state index contributed by atoms with van der Waals surface area (Å²) >= 11 is 0. The van der Waals surface area contributed by atoms with Crippen molar-refractivity contribution in [3.63, 3.8) is 0 Å². The Morgan fingerprint density at radius 2 is 2.00 bits per heavy atom. The normalized spacial score (nSPS) is 10.8. The highest BCUT2D eigenvalue weighted by molar-refractivity contribution is 5.79. The van der Waals surface area contributed by atoms with Gasteiger partial charge in [-0.3, -0.25) is 9.97 Å². The molecule has 0 saturated heterocycles. The Morgan fingerprint density at radius 3 is 2.80 bits per heavy atom. The minimum atomic E-state index is 0.418. The monoisotopic (exact) mass is 265 g/mol. The Kier molecular flexibility index (Phi) is 3.41. The summed E-state index contributed by atoms with van der Waals surface area (Å²) in [5.41, 5.74) is 4.55. The predicted octanol–water partition coefficient (Wildman–Crippen LogP) is 1.50. The summed E-state index contributed by atoms with van der Waals surface area (Å²) in [6.45, 7) is 0. The van der Waals surface area contributed by atoms with Gasteiger partial charge in [0, 0.05) is 30.4 Å². The van der Waals surface area contributed by atoms with Crippen molar-refractivity contribution in [1.82, 2.24) is 24.7 Å². The molecule has 0 radical (unpaired) electrons. The van der Waals surface area contributed by atoms with Crippen LogP contribution in [0.5, 0.6) is 0 Å². The third-order valence-electron chi connectivity index (χ3n) is 2.48. The van der Waals surface area contributed by atoms with Crippen LogP contribution in [0.1, 0.15) is 5.56 Å². The molecule has 0 fully saturated rings. The van der Waals surface area contributed by atoms with Crippen molar-refractivity contribution in [3.8, 4) is 5.69 Å². The lowest BCUT2D eigenvalue weighted by Gasteiger charge is -1.97. The average molecular weight is 265 g/mol. The SMILES string of the molecule is C(=NNc1ncn(-c2ccncc2)n1)c1cccnc1. The largest absolute Gasteiger partial charge is 0.265 e. The highest BCUT2D eigenvalue weighted by Gasteiger charge is 2.00. The molecule has 3 aromatic rings. The van der Waals surface area contributed by atoms with Crippen molar-refractivity contribution in [2.75, 3.05) is 5.43 Å². The fraction of sp³-hybridized carbons (Fsp3) is 0. The van der Waals surface area contributed by atoms with Crippen molar-refractivity contribution in [1.29, 1.82) is 0 Å². The number of aromatic nitrogens is 5. The number of hydrogen-bond donors (Lipinski definition) is 1. The smallest absolute Gasteiger partial charge is 0.262 e. The molecule has 0 aliphatic carbocycles. The van der Waals surface area contributed by atoms with Gasteiger partial charge in [-0.15, -0.1) is 5.10 Å². The van der Waals surface area contributed by atoms with Crippen LogP contribution in [0.4, 0.5) is 5.95 Å². The van der Waals surface area contributed by atoms with E-state index >= 15 is 0 Å². The van der Waals surface area contributed by atoms with E-state index in [-0.39, 0.29) is 0 Å². The van der Waals surface area contributed by atoms with E-state index in [9.17, 15) is 0 Å². The molecule has 3 rings (SSSR count). The number of hydrogen-bond acceptors (Lipinski definition) is 6. The summed E-state index contributed by atoms with van der Waals surface area (Å²) in [6.07, 6.45) is 10.1. The van der Waals surface area contributed by atoms with Crippen LogP contribution < -0.4 is 5.43 Å². The van der Waals surface area contributed by atoms with E-state index in [4.69, 9.17) is 0 Å². The van der Waals surface area contributed by atoms with Gasteiger partial charge in [-0.25, -0.2) is 10.1 Å². The highest BCUT2D eigenvalue weighted by atomic mass is 15.4. The Hall–Kier alpha value is -3.09. The Bertz CT molecular complexity index is 691.